The van der Waals surface area contributed by atoms with Crippen molar-refractivity contribution in [3.05, 3.63) is 0 Å². The van der Waals surface area contributed by atoms with Crippen molar-refractivity contribution in [2.45, 2.75) is 77.2 Å². The lowest BCUT2D eigenvalue weighted by atomic mass is 9.99. The number of amides is 3. The van der Waals surface area contributed by atoms with Crippen molar-refractivity contribution in [1.29, 1.82) is 0 Å². The number of carbonyl (C=O) groups is 5. The van der Waals surface area contributed by atoms with E-state index in [0.717, 1.165) is 0 Å². The summed E-state index contributed by atoms with van der Waals surface area (Å²) in [6.07, 6.45) is -1.61. The van der Waals surface area contributed by atoms with Gasteiger partial charge in [-0.25, -0.2) is 4.79 Å². The Morgan fingerprint density at radius 3 is 1.90 bits per heavy atom. The van der Waals surface area contributed by atoms with E-state index in [2.05, 4.69) is 16.0 Å². The molecule has 8 N–H and O–H groups in total. The molecule has 0 aromatic heterocycles. The van der Waals surface area contributed by atoms with Crippen LogP contribution in [0.2, 0.25) is 0 Å². The summed E-state index contributed by atoms with van der Waals surface area (Å²) in [6.45, 7) is 6.22. The first-order valence-corrected chi connectivity index (χ1v) is 9.61. The highest BCUT2D eigenvalue weighted by Gasteiger charge is 2.32. The van der Waals surface area contributed by atoms with Gasteiger partial charge in [0, 0.05) is 6.42 Å². The van der Waals surface area contributed by atoms with Gasteiger partial charge in [0.05, 0.1) is 12.1 Å². The van der Waals surface area contributed by atoms with Crippen LogP contribution in [0.4, 0.5) is 0 Å². The van der Waals surface area contributed by atoms with E-state index in [4.69, 9.17) is 15.9 Å². The molecule has 0 spiro atoms. The lowest BCUT2D eigenvalue weighted by Crippen LogP contribution is -2.59. The van der Waals surface area contributed by atoms with Crippen molar-refractivity contribution < 1.29 is 39.3 Å². The van der Waals surface area contributed by atoms with E-state index in [1.54, 1.807) is 6.92 Å². The third kappa shape index (κ3) is 9.18. The van der Waals surface area contributed by atoms with E-state index in [1.807, 2.05) is 6.92 Å². The number of rotatable bonds is 13. The first-order valence-electron chi connectivity index (χ1n) is 9.61. The molecule has 0 aliphatic carbocycles. The van der Waals surface area contributed by atoms with E-state index in [-0.39, 0.29) is 12.3 Å². The predicted octanol–water partition coefficient (Wildman–Crippen LogP) is -1.84. The van der Waals surface area contributed by atoms with Gasteiger partial charge in [-0.1, -0.05) is 20.3 Å². The van der Waals surface area contributed by atoms with Crippen LogP contribution in [-0.4, -0.2) is 75.3 Å². The maximum Gasteiger partial charge on any atom is 0.326 e. The van der Waals surface area contributed by atoms with Crippen LogP contribution in [0.25, 0.3) is 0 Å². The molecule has 0 saturated carbocycles. The highest BCUT2D eigenvalue weighted by Crippen LogP contribution is 2.06. The molecular formula is C18H32N4O8. The Labute approximate surface area is 174 Å². The number of aliphatic carboxylic acids is 2. The number of carboxylic acids is 2. The van der Waals surface area contributed by atoms with Gasteiger partial charge in [-0.3, -0.25) is 19.2 Å². The van der Waals surface area contributed by atoms with E-state index >= 15 is 0 Å². The number of carbonyl (C=O) groups excluding carboxylic acids is 3. The van der Waals surface area contributed by atoms with Gasteiger partial charge < -0.3 is 37.0 Å². The van der Waals surface area contributed by atoms with Crippen molar-refractivity contribution in [1.82, 2.24) is 16.0 Å². The molecule has 12 heteroatoms. The quantitative estimate of drug-likeness (QED) is 0.174. The third-order valence-corrected chi connectivity index (χ3v) is 4.64. The standard InChI is InChI=1S/C18H32N4O8/c1-5-8(2)13(19)16(27)20-9(3)15(26)22-14(10(4)23)17(28)21-11(18(29)30)6-7-12(24)25/h8-11,13-14,23H,5-7,19H2,1-4H3,(H,20,27)(H,21,28)(H,22,26)(H,24,25)(H,29,30). The van der Waals surface area contributed by atoms with Gasteiger partial charge in [0.15, 0.2) is 0 Å². The second-order valence-corrected chi connectivity index (χ2v) is 7.20. The number of nitrogens with one attached hydrogen (secondary N) is 3. The van der Waals surface area contributed by atoms with Gasteiger partial charge in [-0.2, -0.15) is 0 Å². The number of nitrogens with two attached hydrogens (primary N) is 1. The zero-order valence-electron chi connectivity index (χ0n) is 17.5. The van der Waals surface area contributed by atoms with Gasteiger partial charge in [-0.15, -0.1) is 0 Å². The van der Waals surface area contributed by atoms with Crippen LogP contribution in [0, 0.1) is 5.92 Å². The number of hydrogen-bond acceptors (Lipinski definition) is 7. The monoisotopic (exact) mass is 432 g/mol. The molecule has 0 rings (SSSR count). The van der Waals surface area contributed by atoms with Gasteiger partial charge >= 0.3 is 11.9 Å². The summed E-state index contributed by atoms with van der Waals surface area (Å²) in [5, 5.41) is 34.4. The van der Waals surface area contributed by atoms with E-state index < -0.39 is 66.4 Å². The van der Waals surface area contributed by atoms with Crippen molar-refractivity contribution in [2.75, 3.05) is 0 Å². The minimum absolute atomic E-state index is 0.116. The lowest BCUT2D eigenvalue weighted by Gasteiger charge is -2.25. The molecular weight excluding hydrogens is 400 g/mol. The molecule has 0 aliphatic rings. The van der Waals surface area contributed by atoms with E-state index in [1.165, 1.54) is 13.8 Å². The van der Waals surface area contributed by atoms with Crippen LogP contribution in [-0.2, 0) is 24.0 Å². The zero-order valence-corrected chi connectivity index (χ0v) is 17.5. The number of aliphatic hydroxyl groups is 1. The molecule has 0 aromatic rings. The summed E-state index contributed by atoms with van der Waals surface area (Å²) < 4.78 is 0. The van der Waals surface area contributed by atoms with E-state index in [0.29, 0.717) is 6.42 Å². The molecule has 12 nitrogen and oxygen atoms in total. The summed E-state index contributed by atoms with van der Waals surface area (Å²) in [5.41, 5.74) is 5.81. The van der Waals surface area contributed by atoms with Crippen molar-refractivity contribution in [3.63, 3.8) is 0 Å². The first kappa shape index (κ1) is 27.3. The Bertz CT molecular complexity index is 640. The SMILES string of the molecule is CCC(C)C(N)C(=O)NC(C)C(=O)NC(C(=O)NC(CCC(=O)O)C(=O)O)C(C)O. The predicted molar refractivity (Wildman–Crippen MR) is 105 cm³/mol. The average molecular weight is 432 g/mol. The van der Waals surface area contributed by atoms with Crippen LogP contribution in [0.3, 0.4) is 0 Å². The number of carboxylic acid groups (broad SMARTS) is 2. The minimum atomic E-state index is -1.52. The molecule has 0 fully saturated rings. The Balaban J connectivity index is 5.06. The van der Waals surface area contributed by atoms with Crippen LogP contribution >= 0.6 is 0 Å². The third-order valence-electron chi connectivity index (χ3n) is 4.64. The molecule has 3 amide bonds. The van der Waals surface area contributed by atoms with Gasteiger partial charge in [-0.05, 0) is 26.2 Å². The Morgan fingerprint density at radius 1 is 0.900 bits per heavy atom. The molecule has 0 aliphatic heterocycles. The van der Waals surface area contributed by atoms with E-state index in [9.17, 15) is 29.1 Å². The van der Waals surface area contributed by atoms with Crippen LogP contribution < -0.4 is 21.7 Å². The second-order valence-electron chi connectivity index (χ2n) is 7.20. The van der Waals surface area contributed by atoms with Gasteiger partial charge in [0.25, 0.3) is 0 Å². The largest absolute Gasteiger partial charge is 0.481 e. The van der Waals surface area contributed by atoms with Crippen LogP contribution in [0.5, 0.6) is 0 Å². The molecule has 30 heavy (non-hydrogen) atoms. The fraction of sp³-hybridized carbons (Fsp3) is 0.722. The molecule has 0 aromatic carbocycles. The summed E-state index contributed by atoms with van der Waals surface area (Å²) in [4.78, 5) is 58.6. The zero-order chi connectivity index (χ0) is 23.6. The fourth-order valence-electron chi connectivity index (χ4n) is 2.36. The van der Waals surface area contributed by atoms with Crippen LogP contribution in [0.1, 0.15) is 47.0 Å². The maximum absolute atomic E-state index is 12.4. The molecule has 172 valence electrons. The fourth-order valence-corrected chi connectivity index (χ4v) is 2.36. The van der Waals surface area contributed by atoms with Gasteiger partial charge in [0.2, 0.25) is 17.7 Å². The van der Waals surface area contributed by atoms with Crippen molar-refractivity contribution >= 4 is 29.7 Å². The summed E-state index contributed by atoms with van der Waals surface area (Å²) in [6, 6.07) is -4.94. The second kappa shape index (κ2) is 12.8. The highest BCUT2D eigenvalue weighted by atomic mass is 16.4. The summed E-state index contributed by atoms with van der Waals surface area (Å²) >= 11 is 0. The molecule has 6 atom stereocenters. The Kier molecular flexibility index (Phi) is 11.6. The van der Waals surface area contributed by atoms with Crippen molar-refractivity contribution in [2.24, 2.45) is 11.7 Å². The average Bonchev–Trinajstić information content (AvgIpc) is 2.66. The smallest absolute Gasteiger partial charge is 0.326 e. The molecule has 0 saturated heterocycles. The van der Waals surface area contributed by atoms with Gasteiger partial charge in [0.1, 0.15) is 18.1 Å². The van der Waals surface area contributed by atoms with Crippen molar-refractivity contribution in [3.8, 4) is 0 Å². The first-order chi connectivity index (χ1) is 13.8. The molecule has 6 unspecified atom stereocenters. The van der Waals surface area contributed by atoms with Crippen LogP contribution in [0.15, 0.2) is 0 Å². The molecule has 0 radical (unpaired) electrons. The Hall–Kier alpha value is -2.73. The minimum Gasteiger partial charge on any atom is -0.481 e. The molecule has 0 heterocycles. The number of aliphatic hydroxyl groups excluding tert-OH is 1. The summed E-state index contributed by atoms with van der Waals surface area (Å²) in [5.74, 6) is -5.17. The maximum atomic E-state index is 12.4. The topological polar surface area (TPSA) is 208 Å². The lowest BCUT2D eigenvalue weighted by molar-refractivity contribution is -0.144. The normalized spacial score (nSPS) is 16.9. The molecule has 0 bridgehead atoms. The highest BCUT2D eigenvalue weighted by molar-refractivity contribution is 5.94. The Morgan fingerprint density at radius 2 is 1.47 bits per heavy atom. The number of hydrogen-bond donors (Lipinski definition) is 7. The summed E-state index contributed by atoms with van der Waals surface area (Å²) in [7, 11) is 0.